The van der Waals surface area contributed by atoms with E-state index >= 15 is 0 Å². The number of benzene rings is 1. The lowest BCUT2D eigenvalue weighted by Crippen LogP contribution is -2.30. The third-order valence-electron chi connectivity index (χ3n) is 2.10. The van der Waals surface area contributed by atoms with Crippen molar-refractivity contribution in [2.24, 2.45) is 0 Å². The zero-order valence-electron chi connectivity index (χ0n) is 9.28. The highest BCUT2D eigenvalue weighted by Gasteiger charge is 2.00. The maximum Gasteiger partial charge on any atom is 0.0645 e. The van der Waals surface area contributed by atoms with Gasteiger partial charge in [-0.25, -0.2) is 0 Å². The van der Waals surface area contributed by atoms with E-state index in [1.165, 1.54) is 5.56 Å². The molecule has 1 aromatic carbocycles. The van der Waals surface area contributed by atoms with E-state index in [1.54, 1.807) is 6.08 Å². The smallest absolute Gasteiger partial charge is 0.0645 e. The SMILES string of the molecule is C=CCOCC(C)NCc1ccccc1. The number of nitrogens with one attached hydrogen (secondary N) is 1. The Balaban J connectivity index is 2.16. The van der Waals surface area contributed by atoms with Gasteiger partial charge in [-0.15, -0.1) is 6.58 Å². The average Bonchev–Trinajstić information content (AvgIpc) is 2.28. The van der Waals surface area contributed by atoms with E-state index in [9.17, 15) is 0 Å². The van der Waals surface area contributed by atoms with Gasteiger partial charge in [0.2, 0.25) is 0 Å². The van der Waals surface area contributed by atoms with Crippen LogP contribution in [-0.4, -0.2) is 19.3 Å². The van der Waals surface area contributed by atoms with Crippen molar-refractivity contribution < 1.29 is 4.74 Å². The lowest BCUT2D eigenvalue weighted by atomic mass is 10.2. The Morgan fingerprint density at radius 2 is 2.13 bits per heavy atom. The van der Waals surface area contributed by atoms with Gasteiger partial charge in [0.05, 0.1) is 13.2 Å². The first-order valence-electron chi connectivity index (χ1n) is 5.29. The fraction of sp³-hybridized carbons (Fsp3) is 0.385. The minimum Gasteiger partial charge on any atom is -0.376 e. The van der Waals surface area contributed by atoms with Crippen LogP contribution in [0.4, 0.5) is 0 Å². The van der Waals surface area contributed by atoms with Crippen LogP contribution >= 0.6 is 0 Å². The van der Waals surface area contributed by atoms with Crippen LogP contribution in [0.1, 0.15) is 12.5 Å². The predicted octanol–water partition coefficient (Wildman–Crippen LogP) is 2.37. The second kappa shape index (κ2) is 7.21. The van der Waals surface area contributed by atoms with Gasteiger partial charge in [-0.05, 0) is 12.5 Å². The van der Waals surface area contributed by atoms with Crippen LogP contribution in [0.15, 0.2) is 43.0 Å². The van der Waals surface area contributed by atoms with Crippen molar-refractivity contribution in [2.45, 2.75) is 19.5 Å². The molecule has 0 radical (unpaired) electrons. The normalized spacial score (nSPS) is 12.3. The molecule has 1 rings (SSSR count). The quantitative estimate of drug-likeness (QED) is 0.545. The molecular weight excluding hydrogens is 186 g/mol. The first-order valence-corrected chi connectivity index (χ1v) is 5.29. The van der Waals surface area contributed by atoms with E-state index in [-0.39, 0.29) is 0 Å². The molecule has 0 aromatic heterocycles. The molecular formula is C13H19NO. The minimum atomic E-state index is 0.366. The van der Waals surface area contributed by atoms with E-state index in [0.717, 1.165) is 13.2 Å². The van der Waals surface area contributed by atoms with Gasteiger partial charge in [-0.2, -0.15) is 0 Å². The fourth-order valence-electron chi connectivity index (χ4n) is 1.28. The number of ether oxygens (including phenoxy) is 1. The van der Waals surface area contributed by atoms with Crippen LogP contribution in [0.3, 0.4) is 0 Å². The van der Waals surface area contributed by atoms with Crippen LogP contribution in [0.2, 0.25) is 0 Å². The van der Waals surface area contributed by atoms with Crippen molar-refractivity contribution >= 4 is 0 Å². The topological polar surface area (TPSA) is 21.3 Å². The molecule has 1 atom stereocenters. The van der Waals surface area contributed by atoms with Gasteiger partial charge in [0.25, 0.3) is 0 Å². The zero-order chi connectivity index (χ0) is 10.9. The molecule has 0 fully saturated rings. The maximum atomic E-state index is 5.35. The van der Waals surface area contributed by atoms with Crippen LogP contribution in [0, 0.1) is 0 Å². The number of hydrogen-bond acceptors (Lipinski definition) is 2. The lowest BCUT2D eigenvalue weighted by molar-refractivity contribution is 0.140. The van der Waals surface area contributed by atoms with E-state index in [0.29, 0.717) is 12.6 Å². The number of rotatable bonds is 7. The second-order valence-corrected chi connectivity index (χ2v) is 3.59. The summed E-state index contributed by atoms with van der Waals surface area (Å²) >= 11 is 0. The summed E-state index contributed by atoms with van der Waals surface area (Å²) in [6, 6.07) is 10.7. The molecule has 0 amide bonds. The summed E-state index contributed by atoms with van der Waals surface area (Å²) < 4.78 is 5.35. The Bertz CT molecular complexity index is 271. The molecule has 1 N–H and O–H groups in total. The second-order valence-electron chi connectivity index (χ2n) is 3.59. The molecule has 1 unspecified atom stereocenters. The van der Waals surface area contributed by atoms with Gasteiger partial charge in [-0.3, -0.25) is 0 Å². The molecule has 0 spiro atoms. The van der Waals surface area contributed by atoms with Gasteiger partial charge in [-0.1, -0.05) is 36.4 Å². The first-order chi connectivity index (χ1) is 7.33. The summed E-state index contributed by atoms with van der Waals surface area (Å²) in [6.45, 7) is 7.95. The Hall–Kier alpha value is -1.12. The van der Waals surface area contributed by atoms with E-state index in [1.807, 2.05) is 6.07 Å². The number of hydrogen-bond donors (Lipinski definition) is 1. The van der Waals surface area contributed by atoms with E-state index in [4.69, 9.17) is 4.74 Å². The molecule has 0 aliphatic carbocycles. The Kier molecular flexibility index (Phi) is 5.74. The zero-order valence-corrected chi connectivity index (χ0v) is 9.28. The summed E-state index contributed by atoms with van der Waals surface area (Å²) in [4.78, 5) is 0. The highest BCUT2D eigenvalue weighted by atomic mass is 16.5. The standard InChI is InChI=1S/C13H19NO/c1-3-9-15-11-12(2)14-10-13-7-5-4-6-8-13/h3-8,12,14H,1,9-11H2,2H3. The van der Waals surface area contributed by atoms with Gasteiger partial charge >= 0.3 is 0 Å². The molecule has 15 heavy (non-hydrogen) atoms. The Morgan fingerprint density at radius 1 is 1.40 bits per heavy atom. The summed E-state index contributed by atoms with van der Waals surface area (Å²) in [6.07, 6.45) is 1.77. The maximum absolute atomic E-state index is 5.35. The summed E-state index contributed by atoms with van der Waals surface area (Å²) in [7, 11) is 0. The van der Waals surface area contributed by atoms with Crippen molar-refractivity contribution in [3.63, 3.8) is 0 Å². The highest BCUT2D eigenvalue weighted by molar-refractivity contribution is 5.14. The molecule has 82 valence electrons. The van der Waals surface area contributed by atoms with Crippen LogP contribution in [-0.2, 0) is 11.3 Å². The van der Waals surface area contributed by atoms with E-state index in [2.05, 4.69) is 43.1 Å². The van der Waals surface area contributed by atoms with E-state index < -0.39 is 0 Å². The molecule has 0 aliphatic heterocycles. The van der Waals surface area contributed by atoms with Gasteiger partial charge < -0.3 is 10.1 Å². The Morgan fingerprint density at radius 3 is 2.80 bits per heavy atom. The first kappa shape index (κ1) is 12.0. The molecule has 1 aromatic rings. The third-order valence-corrected chi connectivity index (χ3v) is 2.10. The molecule has 0 saturated heterocycles. The molecule has 0 heterocycles. The molecule has 0 aliphatic rings. The van der Waals surface area contributed by atoms with Crippen LogP contribution < -0.4 is 5.32 Å². The fourth-order valence-corrected chi connectivity index (χ4v) is 1.28. The van der Waals surface area contributed by atoms with Gasteiger partial charge in [0, 0.05) is 12.6 Å². The highest BCUT2D eigenvalue weighted by Crippen LogP contribution is 1.98. The monoisotopic (exact) mass is 205 g/mol. The molecule has 0 saturated carbocycles. The molecule has 0 bridgehead atoms. The van der Waals surface area contributed by atoms with Crippen molar-refractivity contribution in [2.75, 3.05) is 13.2 Å². The lowest BCUT2D eigenvalue weighted by Gasteiger charge is -2.13. The minimum absolute atomic E-state index is 0.366. The summed E-state index contributed by atoms with van der Waals surface area (Å²) in [5.74, 6) is 0. The molecule has 2 heteroatoms. The van der Waals surface area contributed by atoms with Crippen molar-refractivity contribution in [1.82, 2.24) is 5.32 Å². The summed E-state index contributed by atoms with van der Waals surface area (Å²) in [5.41, 5.74) is 1.30. The van der Waals surface area contributed by atoms with Crippen molar-refractivity contribution in [3.8, 4) is 0 Å². The third kappa shape index (κ3) is 5.35. The summed E-state index contributed by atoms with van der Waals surface area (Å²) in [5, 5.41) is 3.40. The van der Waals surface area contributed by atoms with Crippen LogP contribution in [0.25, 0.3) is 0 Å². The largest absolute Gasteiger partial charge is 0.376 e. The van der Waals surface area contributed by atoms with Gasteiger partial charge in [0.1, 0.15) is 0 Å². The Labute approximate surface area is 92.0 Å². The van der Waals surface area contributed by atoms with Crippen molar-refractivity contribution in [3.05, 3.63) is 48.6 Å². The predicted molar refractivity (Wildman–Crippen MR) is 63.8 cm³/mol. The van der Waals surface area contributed by atoms with Crippen LogP contribution in [0.5, 0.6) is 0 Å². The average molecular weight is 205 g/mol. The van der Waals surface area contributed by atoms with Crippen molar-refractivity contribution in [1.29, 1.82) is 0 Å². The molecule has 2 nitrogen and oxygen atoms in total. The van der Waals surface area contributed by atoms with Gasteiger partial charge in [0.15, 0.2) is 0 Å².